The molecular formula is C29H31N3O5. The van der Waals surface area contributed by atoms with E-state index in [1.165, 1.54) is 11.0 Å². The zero-order valence-electron chi connectivity index (χ0n) is 21.8. The van der Waals surface area contributed by atoms with E-state index in [0.717, 1.165) is 34.1 Å². The lowest BCUT2D eigenvalue weighted by atomic mass is 10.1. The molecule has 8 nitrogen and oxygen atoms in total. The van der Waals surface area contributed by atoms with E-state index in [4.69, 9.17) is 14.2 Å². The van der Waals surface area contributed by atoms with Crippen molar-refractivity contribution < 1.29 is 23.8 Å². The van der Waals surface area contributed by atoms with Crippen LogP contribution >= 0.6 is 0 Å². The van der Waals surface area contributed by atoms with Crippen LogP contribution in [0.3, 0.4) is 0 Å². The second kappa shape index (κ2) is 12.5. The van der Waals surface area contributed by atoms with Gasteiger partial charge in [-0.25, -0.2) is 4.79 Å². The van der Waals surface area contributed by atoms with E-state index in [0.29, 0.717) is 18.7 Å². The quantitative estimate of drug-likeness (QED) is 0.229. The highest BCUT2D eigenvalue weighted by molar-refractivity contribution is 5.99. The van der Waals surface area contributed by atoms with Gasteiger partial charge in [-0.05, 0) is 80.4 Å². The van der Waals surface area contributed by atoms with Gasteiger partial charge in [0.1, 0.15) is 23.1 Å². The number of ether oxygens (including phenoxy) is 3. The maximum absolute atomic E-state index is 12.6. The highest BCUT2D eigenvalue weighted by Crippen LogP contribution is 2.24. The molecule has 0 N–H and O–H groups in total. The predicted octanol–water partition coefficient (Wildman–Crippen LogP) is 4.61. The van der Waals surface area contributed by atoms with Gasteiger partial charge >= 0.3 is 5.97 Å². The molecule has 0 spiro atoms. The van der Waals surface area contributed by atoms with Crippen LogP contribution in [-0.2, 0) is 20.9 Å². The summed E-state index contributed by atoms with van der Waals surface area (Å²) in [6, 6.07) is 18.8. The molecule has 0 bridgehead atoms. The second-order valence-electron chi connectivity index (χ2n) is 8.43. The molecule has 1 heterocycles. The third kappa shape index (κ3) is 6.79. The molecule has 0 saturated carbocycles. The van der Waals surface area contributed by atoms with Crippen molar-refractivity contribution >= 4 is 18.0 Å². The van der Waals surface area contributed by atoms with Gasteiger partial charge in [0.2, 0.25) is 0 Å². The molecule has 2 aromatic carbocycles. The predicted molar refractivity (Wildman–Crippen MR) is 140 cm³/mol. The summed E-state index contributed by atoms with van der Waals surface area (Å²) >= 11 is 0. The summed E-state index contributed by atoms with van der Waals surface area (Å²) < 4.78 is 17.8. The fourth-order valence-electron chi connectivity index (χ4n) is 3.89. The Morgan fingerprint density at radius 3 is 2.30 bits per heavy atom. The Morgan fingerprint density at radius 1 is 1.05 bits per heavy atom. The Balaban J connectivity index is 1.65. The van der Waals surface area contributed by atoms with Crippen LogP contribution in [0, 0.1) is 25.2 Å². The van der Waals surface area contributed by atoms with Crippen LogP contribution in [0.2, 0.25) is 0 Å². The fourth-order valence-corrected chi connectivity index (χ4v) is 3.89. The molecule has 0 radical (unpaired) electrons. The highest BCUT2D eigenvalue weighted by Gasteiger charge is 2.18. The van der Waals surface area contributed by atoms with Crippen LogP contribution in [0.15, 0.2) is 60.2 Å². The first-order chi connectivity index (χ1) is 17.8. The number of nitriles is 1. The first-order valence-electron chi connectivity index (χ1n) is 11.8. The number of likely N-dealkylation sites (N-methyl/N-ethyl adjacent to an activating group) is 1. The van der Waals surface area contributed by atoms with E-state index >= 15 is 0 Å². The van der Waals surface area contributed by atoms with Crippen LogP contribution in [0.4, 0.5) is 0 Å². The third-order valence-electron chi connectivity index (χ3n) is 5.85. The summed E-state index contributed by atoms with van der Waals surface area (Å²) in [5, 5.41) is 9.58. The number of benzene rings is 2. The van der Waals surface area contributed by atoms with Gasteiger partial charge in [0.25, 0.3) is 5.91 Å². The third-order valence-corrected chi connectivity index (χ3v) is 5.85. The van der Waals surface area contributed by atoms with Crippen molar-refractivity contribution in [1.82, 2.24) is 9.47 Å². The van der Waals surface area contributed by atoms with E-state index in [9.17, 15) is 14.9 Å². The second-order valence-corrected chi connectivity index (χ2v) is 8.43. The van der Waals surface area contributed by atoms with E-state index < -0.39 is 12.6 Å². The Bertz CT molecular complexity index is 1320. The van der Waals surface area contributed by atoms with Gasteiger partial charge in [0.05, 0.1) is 13.7 Å². The summed E-state index contributed by atoms with van der Waals surface area (Å²) in [6.45, 7) is 6.23. The molecule has 0 aliphatic rings. The van der Waals surface area contributed by atoms with Gasteiger partial charge in [0.15, 0.2) is 6.61 Å². The molecule has 192 valence electrons. The van der Waals surface area contributed by atoms with Gasteiger partial charge in [-0.15, -0.1) is 0 Å². The maximum atomic E-state index is 12.6. The van der Waals surface area contributed by atoms with E-state index in [1.54, 1.807) is 14.2 Å². The molecule has 1 amide bonds. The Labute approximate surface area is 217 Å². The van der Waals surface area contributed by atoms with Crippen LogP contribution in [-0.4, -0.2) is 48.7 Å². The summed E-state index contributed by atoms with van der Waals surface area (Å²) in [5.74, 6) is 0.284. The number of amides is 1. The molecule has 0 fully saturated rings. The topological polar surface area (TPSA) is 93.8 Å². The van der Waals surface area contributed by atoms with Crippen molar-refractivity contribution in [2.75, 3.05) is 27.4 Å². The molecule has 0 aliphatic heterocycles. The first kappa shape index (κ1) is 27.1. The highest BCUT2D eigenvalue weighted by atomic mass is 16.5. The van der Waals surface area contributed by atoms with Gasteiger partial charge in [-0.3, -0.25) is 4.79 Å². The van der Waals surface area contributed by atoms with Crippen molar-refractivity contribution in [2.45, 2.75) is 27.3 Å². The van der Waals surface area contributed by atoms with E-state index in [2.05, 4.69) is 0 Å². The van der Waals surface area contributed by atoms with E-state index in [1.807, 2.05) is 86.0 Å². The summed E-state index contributed by atoms with van der Waals surface area (Å²) in [4.78, 5) is 26.6. The van der Waals surface area contributed by atoms with Crippen LogP contribution in [0.1, 0.15) is 29.4 Å². The minimum absolute atomic E-state index is 0.183. The number of aryl methyl sites for hydroxylation is 1. The van der Waals surface area contributed by atoms with Crippen molar-refractivity contribution in [3.05, 3.63) is 82.7 Å². The van der Waals surface area contributed by atoms with Gasteiger partial charge in [-0.2, -0.15) is 5.26 Å². The molecule has 0 saturated heterocycles. The zero-order chi connectivity index (χ0) is 26.9. The molecule has 1 aromatic heterocycles. The monoisotopic (exact) mass is 501 g/mol. The van der Waals surface area contributed by atoms with Crippen molar-refractivity contribution in [2.24, 2.45) is 0 Å². The van der Waals surface area contributed by atoms with Crippen molar-refractivity contribution in [1.29, 1.82) is 5.26 Å². The largest absolute Gasteiger partial charge is 0.497 e. The van der Waals surface area contributed by atoms with Crippen molar-refractivity contribution in [3.63, 3.8) is 0 Å². The van der Waals surface area contributed by atoms with E-state index in [-0.39, 0.29) is 11.5 Å². The normalized spacial score (nSPS) is 11.0. The molecule has 3 rings (SSSR count). The molecule has 0 aliphatic carbocycles. The number of methoxy groups -OCH3 is 1. The molecule has 0 atom stereocenters. The molecular weight excluding hydrogens is 470 g/mol. The van der Waals surface area contributed by atoms with Crippen LogP contribution in [0.5, 0.6) is 11.5 Å². The number of nitrogens with zero attached hydrogens (tertiary/aromatic N) is 3. The minimum Gasteiger partial charge on any atom is -0.497 e. The Hall–Kier alpha value is -4.51. The number of rotatable bonds is 10. The number of carbonyl (C=O) groups is 2. The number of esters is 1. The maximum Gasteiger partial charge on any atom is 0.349 e. The summed E-state index contributed by atoms with van der Waals surface area (Å²) in [5.41, 5.74) is 4.16. The van der Waals surface area contributed by atoms with Crippen molar-refractivity contribution in [3.8, 4) is 23.3 Å². The minimum atomic E-state index is -0.848. The van der Waals surface area contributed by atoms with Gasteiger partial charge < -0.3 is 23.7 Å². The molecule has 0 unspecified atom stereocenters. The molecule has 8 heteroatoms. The number of aromatic nitrogens is 1. The number of carbonyl (C=O) groups excluding carboxylic acids is 2. The SMILES string of the molecule is CCOc1ccc(CN(C)C(=O)COC(=O)/C(C#N)=C/c2cc(C)n(-c3ccc(OC)cc3)c2C)cc1. The first-order valence-corrected chi connectivity index (χ1v) is 11.8. The lowest BCUT2D eigenvalue weighted by Gasteiger charge is -2.17. The van der Waals surface area contributed by atoms with Crippen LogP contribution < -0.4 is 9.47 Å². The molecule has 3 aromatic rings. The average Bonchev–Trinajstić information content (AvgIpc) is 3.19. The summed E-state index contributed by atoms with van der Waals surface area (Å²) in [7, 11) is 3.24. The zero-order valence-corrected chi connectivity index (χ0v) is 21.8. The smallest absolute Gasteiger partial charge is 0.349 e. The molecule has 37 heavy (non-hydrogen) atoms. The summed E-state index contributed by atoms with van der Waals surface area (Å²) in [6.07, 6.45) is 1.48. The standard InChI is InChI=1S/C29H31N3O5/c1-6-36-27-11-7-22(8-12-27)18-31(4)28(33)19-37-29(34)24(17-30)16-23-15-20(2)32(21(23)3)25-9-13-26(35-5)14-10-25/h7-16H,6,18-19H2,1-5H3/b24-16+. The lowest BCUT2D eigenvalue weighted by Crippen LogP contribution is -2.31. The number of hydrogen-bond acceptors (Lipinski definition) is 6. The lowest BCUT2D eigenvalue weighted by molar-refractivity contribution is -0.148. The number of hydrogen-bond donors (Lipinski definition) is 0. The van der Waals surface area contributed by atoms with Crippen LogP contribution in [0.25, 0.3) is 11.8 Å². The fraction of sp³-hybridized carbons (Fsp3) is 0.276. The Kier molecular flexibility index (Phi) is 9.11. The Morgan fingerprint density at radius 2 is 1.70 bits per heavy atom. The van der Waals surface area contributed by atoms with Gasteiger partial charge in [0, 0.05) is 30.7 Å². The van der Waals surface area contributed by atoms with Gasteiger partial charge in [-0.1, -0.05) is 12.1 Å². The average molecular weight is 502 g/mol.